The predicted molar refractivity (Wildman–Crippen MR) is 74.6 cm³/mol. The summed E-state index contributed by atoms with van der Waals surface area (Å²) in [5, 5.41) is 3.60. The molecule has 0 aliphatic carbocycles. The molecule has 1 fully saturated rings. The van der Waals surface area contributed by atoms with E-state index in [0.29, 0.717) is 6.04 Å². The molecule has 1 saturated heterocycles. The minimum atomic E-state index is 0.585. The summed E-state index contributed by atoms with van der Waals surface area (Å²) in [7, 11) is 1.74. The summed E-state index contributed by atoms with van der Waals surface area (Å²) in [4.78, 5) is 0. The van der Waals surface area contributed by atoms with Gasteiger partial charge in [0.2, 0.25) is 0 Å². The Kier molecular flexibility index (Phi) is 4.46. The average molecular weight is 298 g/mol. The van der Waals surface area contributed by atoms with E-state index in [0.717, 1.165) is 29.1 Å². The molecule has 1 aliphatic heterocycles. The van der Waals surface area contributed by atoms with Gasteiger partial charge in [-0.3, -0.25) is 0 Å². The van der Waals surface area contributed by atoms with E-state index in [1.165, 1.54) is 18.4 Å². The van der Waals surface area contributed by atoms with Crippen LogP contribution in [0.5, 0.6) is 5.75 Å². The van der Waals surface area contributed by atoms with Crippen LogP contribution in [0.15, 0.2) is 22.7 Å². The molecule has 1 N–H and O–H groups in total. The molecule has 17 heavy (non-hydrogen) atoms. The third-order valence-corrected chi connectivity index (χ3v) is 3.96. The van der Waals surface area contributed by atoms with E-state index in [9.17, 15) is 0 Å². The number of hydrogen-bond donors (Lipinski definition) is 1. The summed E-state index contributed by atoms with van der Waals surface area (Å²) in [6.07, 6.45) is 3.61. The minimum Gasteiger partial charge on any atom is -0.496 e. The Morgan fingerprint density at radius 1 is 1.47 bits per heavy atom. The fourth-order valence-corrected chi connectivity index (χ4v) is 2.96. The van der Waals surface area contributed by atoms with Crippen LogP contribution in [0, 0.1) is 5.92 Å². The smallest absolute Gasteiger partial charge is 0.122 e. The Morgan fingerprint density at radius 2 is 2.29 bits per heavy atom. The first kappa shape index (κ1) is 12.9. The number of ether oxygens (including phenoxy) is 1. The van der Waals surface area contributed by atoms with Gasteiger partial charge >= 0.3 is 0 Å². The topological polar surface area (TPSA) is 21.3 Å². The molecule has 2 rings (SSSR count). The second kappa shape index (κ2) is 5.87. The monoisotopic (exact) mass is 297 g/mol. The van der Waals surface area contributed by atoms with Crippen molar-refractivity contribution in [1.29, 1.82) is 0 Å². The van der Waals surface area contributed by atoms with Crippen LogP contribution in [0.4, 0.5) is 0 Å². The first-order valence-electron chi connectivity index (χ1n) is 6.25. The molecular formula is C14H20BrNO. The molecule has 2 atom stereocenters. The number of methoxy groups -OCH3 is 1. The zero-order chi connectivity index (χ0) is 12.3. The largest absolute Gasteiger partial charge is 0.496 e. The van der Waals surface area contributed by atoms with Gasteiger partial charge in [0.05, 0.1) is 7.11 Å². The molecule has 94 valence electrons. The maximum Gasteiger partial charge on any atom is 0.122 e. The number of rotatable bonds is 3. The number of halogens is 1. The van der Waals surface area contributed by atoms with Crippen molar-refractivity contribution in [1.82, 2.24) is 5.32 Å². The minimum absolute atomic E-state index is 0.585. The third kappa shape index (κ3) is 3.46. The molecule has 0 amide bonds. The highest BCUT2D eigenvalue weighted by atomic mass is 79.9. The lowest BCUT2D eigenvalue weighted by Crippen LogP contribution is -2.38. The quantitative estimate of drug-likeness (QED) is 0.923. The lowest BCUT2D eigenvalue weighted by molar-refractivity contribution is 0.315. The summed E-state index contributed by atoms with van der Waals surface area (Å²) in [6.45, 7) is 3.48. The second-order valence-electron chi connectivity index (χ2n) is 4.94. The first-order chi connectivity index (χ1) is 8.19. The van der Waals surface area contributed by atoms with Crippen molar-refractivity contribution in [2.45, 2.75) is 32.2 Å². The highest BCUT2D eigenvalue weighted by Gasteiger charge is 2.19. The molecule has 1 aromatic rings. The lowest BCUT2D eigenvalue weighted by Gasteiger charge is -2.28. The van der Waals surface area contributed by atoms with Crippen molar-refractivity contribution in [3.05, 3.63) is 28.2 Å². The fourth-order valence-electron chi connectivity index (χ4n) is 2.55. The molecule has 1 aliphatic rings. The van der Waals surface area contributed by atoms with Gasteiger partial charge in [-0.25, -0.2) is 0 Å². The number of hydrogen-bond acceptors (Lipinski definition) is 2. The van der Waals surface area contributed by atoms with Gasteiger partial charge in [-0.2, -0.15) is 0 Å². The van der Waals surface area contributed by atoms with Gasteiger partial charge in [-0.1, -0.05) is 22.9 Å². The van der Waals surface area contributed by atoms with Crippen LogP contribution < -0.4 is 10.1 Å². The molecule has 0 bridgehead atoms. The lowest BCUT2D eigenvalue weighted by atomic mass is 9.90. The highest BCUT2D eigenvalue weighted by molar-refractivity contribution is 9.10. The van der Waals surface area contributed by atoms with Gasteiger partial charge in [0.25, 0.3) is 0 Å². The maximum absolute atomic E-state index is 5.42. The maximum atomic E-state index is 5.42. The Morgan fingerprint density at radius 3 is 3.00 bits per heavy atom. The summed E-state index contributed by atoms with van der Waals surface area (Å²) >= 11 is 3.53. The van der Waals surface area contributed by atoms with Crippen molar-refractivity contribution in [2.75, 3.05) is 13.7 Å². The molecule has 0 saturated carbocycles. The van der Waals surface area contributed by atoms with E-state index in [2.05, 4.69) is 34.2 Å². The first-order valence-corrected chi connectivity index (χ1v) is 7.04. The number of nitrogens with one attached hydrogen (secondary N) is 1. The Bertz CT molecular complexity index is 380. The van der Waals surface area contributed by atoms with Gasteiger partial charge in [0.1, 0.15) is 5.75 Å². The van der Waals surface area contributed by atoms with E-state index < -0.39 is 0 Å². The van der Waals surface area contributed by atoms with Crippen LogP contribution >= 0.6 is 15.9 Å². The van der Waals surface area contributed by atoms with Gasteiger partial charge in [0, 0.05) is 10.5 Å². The Balaban J connectivity index is 2.08. The number of piperidine rings is 1. The van der Waals surface area contributed by atoms with Gasteiger partial charge < -0.3 is 10.1 Å². The zero-order valence-electron chi connectivity index (χ0n) is 10.5. The summed E-state index contributed by atoms with van der Waals surface area (Å²) in [5.41, 5.74) is 1.29. The van der Waals surface area contributed by atoms with Crippen molar-refractivity contribution in [3.8, 4) is 5.75 Å². The third-order valence-electron chi connectivity index (χ3n) is 3.47. The molecular weight excluding hydrogens is 278 g/mol. The van der Waals surface area contributed by atoms with Crippen molar-refractivity contribution in [2.24, 2.45) is 5.92 Å². The van der Waals surface area contributed by atoms with E-state index in [1.54, 1.807) is 7.11 Å². The van der Waals surface area contributed by atoms with Gasteiger partial charge in [0.15, 0.2) is 0 Å². The summed E-state index contributed by atoms with van der Waals surface area (Å²) in [6, 6.07) is 6.81. The van der Waals surface area contributed by atoms with Crippen LogP contribution in [0.3, 0.4) is 0 Å². The van der Waals surface area contributed by atoms with Crippen molar-refractivity contribution in [3.63, 3.8) is 0 Å². The van der Waals surface area contributed by atoms with Crippen molar-refractivity contribution < 1.29 is 4.74 Å². The standard InChI is InChI=1S/C14H20BrNO/c1-10-5-6-16-13(7-10)9-11-8-12(15)3-4-14(11)17-2/h3-4,8,10,13,16H,5-7,9H2,1-2H3. The highest BCUT2D eigenvalue weighted by Crippen LogP contribution is 2.26. The van der Waals surface area contributed by atoms with Crippen LogP contribution in [-0.2, 0) is 6.42 Å². The Hall–Kier alpha value is -0.540. The van der Waals surface area contributed by atoms with Crippen LogP contribution in [0.2, 0.25) is 0 Å². The van der Waals surface area contributed by atoms with Crippen molar-refractivity contribution >= 4 is 15.9 Å². The van der Waals surface area contributed by atoms with E-state index in [-0.39, 0.29) is 0 Å². The predicted octanol–water partition coefficient (Wildman–Crippen LogP) is 3.39. The SMILES string of the molecule is COc1ccc(Br)cc1CC1CC(C)CCN1. The zero-order valence-corrected chi connectivity index (χ0v) is 12.1. The second-order valence-corrected chi connectivity index (χ2v) is 5.86. The molecule has 2 nitrogen and oxygen atoms in total. The molecule has 0 aromatic heterocycles. The Labute approximate surface area is 112 Å². The van der Waals surface area contributed by atoms with Crippen LogP contribution in [0.25, 0.3) is 0 Å². The van der Waals surface area contributed by atoms with E-state index in [1.807, 2.05) is 12.1 Å². The van der Waals surface area contributed by atoms with Gasteiger partial charge in [-0.15, -0.1) is 0 Å². The van der Waals surface area contributed by atoms with E-state index >= 15 is 0 Å². The van der Waals surface area contributed by atoms with E-state index in [4.69, 9.17) is 4.74 Å². The fraction of sp³-hybridized carbons (Fsp3) is 0.571. The summed E-state index contributed by atoms with van der Waals surface area (Å²) < 4.78 is 6.54. The summed E-state index contributed by atoms with van der Waals surface area (Å²) in [5.74, 6) is 1.83. The molecule has 0 radical (unpaired) electrons. The molecule has 1 heterocycles. The normalized spacial score (nSPS) is 24.6. The average Bonchev–Trinajstić information content (AvgIpc) is 2.29. The molecule has 0 spiro atoms. The van der Waals surface area contributed by atoms with Gasteiger partial charge in [-0.05, 0) is 55.5 Å². The molecule has 2 unspecified atom stereocenters. The number of benzene rings is 1. The van der Waals surface area contributed by atoms with Crippen LogP contribution in [0.1, 0.15) is 25.3 Å². The molecule has 3 heteroatoms. The van der Waals surface area contributed by atoms with Crippen LogP contribution in [-0.4, -0.2) is 19.7 Å². The molecule has 1 aromatic carbocycles.